The van der Waals surface area contributed by atoms with Gasteiger partial charge in [0.15, 0.2) is 0 Å². The van der Waals surface area contributed by atoms with E-state index in [1.807, 2.05) is 19.1 Å². The van der Waals surface area contributed by atoms with E-state index in [-0.39, 0.29) is 24.8 Å². The van der Waals surface area contributed by atoms with Crippen LogP contribution in [-0.2, 0) is 11.3 Å². The van der Waals surface area contributed by atoms with Crippen molar-refractivity contribution in [1.29, 1.82) is 0 Å². The molecule has 1 aromatic heterocycles. The number of nitrogens with zero attached hydrogens (tertiary/aromatic N) is 2. The summed E-state index contributed by atoms with van der Waals surface area (Å²) >= 11 is 0. The number of aliphatic hydroxyl groups excluding tert-OH is 1. The maximum atomic E-state index is 11.7. The molecule has 0 bridgehead atoms. The Hall–Kier alpha value is -1.86. The fourth-order valence-corrected chi connectivity index (χ4v) is 2.43. The van der Waals surface area contributed by atoms with Crippen molar-refractivity contribution in [3.05, 3.63) is 23.9 Å². The standard InChI is InChI=1S/C16H26N4O3/c1-3-14(11-21)19-16(22)18-9-13-4-5-15(17-8-13)20-6-7-23-12(2)10-20/h4-5,8,12,14,21H,3,6-7,9-11H2,1-2H3,(H2,18,19,22)/t12-,14-/m0/s1. The van der Waals surface area contributed by atoms with Gasteiger partial charge in [0.1, 0.15) is 5.82 Å². The lowest BCUT2D eigenvalue weighted by Crippen LogP contribution is -2.43. The molecule has 1 aromatic rings. The van der Waals surface area contributed by atoms with Crippen LogP contribution in [0.2, 0.25) is 0 Å². The van der Waals surface area contributed by atoms with Gasteiger partial charge in [0, 0.05) is 25.8 Å². The lowest BCUT2D eigenvalue weighted by atomic mass is 10.2. The number of pyridine rings is 1. The molecule has 0 unspecified atom stereocenters. The second-order valence-electron chi connectivity index (χ2n) is 5.77. The third kappa shape index (κ3) is 5.37. The molecule has 0 radical (unpaired) electrons. The molecule has 2 rings (SSSR count). The van der Waals surface area contributed by atoms with Crippen LogP contribution in [0.15, 0.2) is 18.3 Å². The average Bonchev–Trinajstić information content (AvgIpc) is 2.58. The number of urea groups is 1. The first-order chi connectivity index (χ1) is 11.1. The van der Waals surface area contributed by atoms with Gasteiger partial charge in [-0.05, 0) is 25.0 Å². The number of aromatic nitrogens is 1. The third-order valence-electron chi connectivity index (χ3n) is 3.88. The van der Waals surface area contributed by atoms with Gasteiger partial charge in [-0.3, -0.25) is 0 Å². The van der Waals surface area contributed by atoms with Crippen LogP contribution >= 0.6 is 0 Å². The van der Waals surface area contributed by atoms with Crippen molar-refractivity contribution in [1.82, 2.24) is 15.6 Å². The molecule has 0 spiro atoms. The van der Waals surface area contributed by atoms with Gasteiger partial charge in [0.25, 0.3) is 0 Å². The van der Waals surface area contributed by atoms with Crippen LogP contribution in [0.4, 0.5) is 10.6 Å². The molecule has 3 N–H and O–H groups in total. The zero-order valence-corrected chi connectivity index (χ0v) is 13.8. The summed E-state index contributed by atoms with van der Waals surface area (Å²) in [6.07, 6.45) is 2.69. The summed E-state index contributed by atoms with van der Waals surface area (Å²) in [5, 5.41) is 14.5. The van der Waals surface area contributed by atoms with Gasteiger partial charge < -0.3 is 25.4 Å². The normalized spacial score (nSPS) is 19.3. The number of amides is 2. The van der Waals surface area contributed by atoms with E-state index in [0.717, 1.165) is 31.1 Å². The van der Waals surface area contributed by atoms with E-state index in [1.165, 1.54) is 0 Å². The lowest BCUT2D eigenvalue weighted by Gasteiger charge is -2.32. The van der Waals surface area contributed by atoms with Crippen LogP contribution < -0.4 is 15.5 Å². The Morgan fingerprint density at radius 2 is 2.39 bits per heavy atom. The fourth-order valence-electron chi connectivity index (χ4n) is 2.43. The molecule has 128 valence electrons. The number of hydrogen-bond acceptors (Lipinski definition) is 5. The predicted octanol–water partition coefficient (Wildman–Crippen LogP) is 0.877. The molecule has 2 atom stereocenters. The molecule has 7 heteroatoms. The highest BCUT2D eigenvalue weighted by Gasteiger charge is 2.17. The first-order valence-electron chi connectivity index (χ1n) is 8.09. The molecule has 0 aliphatic carbocycles. The van der Waals surface area contributed by atoms with Gasteiger partial charge in [-0.2, -0.15) is 0 Å². The number of anilines is 1. The third-order valence-corrected chi connectivity index (χ3v) is 3.88. The van der Waals surface area contributed by atoms with E-state index in [1.54, 1.807) is 6.20 Å². The molecule has 23 heavy (non-hydrogen) atoms. The number of nitrogens with one attached hydrogen (secondary N) is 2. The summed E-state index contributed by atoms with van der Waals surface area (Å²) in [4.78, 5) is 18.4. The van der Waals surface area contributed by atoms with Gasteiger partial charge in [-0.1, -0.05) is 13.0 Å². The molecule has 2 heterocycles. The van der Waals surface area contributed by atoms with Crippen LogP contribution in [0, 0.1) is 0 Å². The maximum absolute atomic E-state index is 11.7. The highest BCUT2D eigenvalue weighted by molar-refractivity contribution is 5.74. The minimum atomic E-state index is -0.281. The number of rotatable bonds is 6. The molecule has 0 aromatic carbocycles. The number of carbonyl (C=O) groups excluding carboxylic acids is 1. The van der Waals surface area contributed by atoms with Gasteiger partial charge in [0.2, 0.25) is 0 Å². The fraction of sp³-hybridized carbons (Fsp3) is 0.625. The van der Waals surface area contributed by atoms with E-state index in [4.69, 9.17) is 9.84 Å². The SMILES string of the molecule is CC[C@@H](CO)NC(=O)NCc1ccc(N2CCO[C@@H](C)C2)nc1. The van der Waals surface area contributed by atoms with Crippen LogP contribution in [-0.4, -0.2) is 54.6 Å². The summed E-state index contributed by atoms with van der Waals surface area (Å²) < 4.78 is 5.53. The van der Waals surface area contributed by atoms with E-state index >= 15 is 0 Å². The van der Waals surface area contributed by atoms with Crippen LogP contribution in [0.1, 0.15) is 25.8 Å². The van der Waals surface area contributed by atoms with Gasteiger partial charge in [0.05, 0.1) is 25.4 Å². The zero-order chi connectivity index (χ0) is 16.7. The van der Waals surface area contributed by atoms with Gasteiger partial charge >= 0.3 is 6.03 Å². The Morgan fingerprint density at radius 1 is 1.57 bits per heavy atom. The van der Waals surface area contributed by atoms with Crippen LogP contribution in [0.5, 0.6) is 0 Å². The number of ether oxygens (including phenoxy) is 1. The number of morpholine rings is 1. The van der Waals surface area contributed by atoms with Crippen molar-refractivity contribution in [3.8, 4) is 0 Å². The van der Waals surface area contributed by atoms with E-state index in [0.29, 0.717) is 13.0 Å². The minimum Gasteiger partial charge on any atom is -0.394 e. The molecule has 0 saturated carbocycles. The first-order valence-corrected chi connectivity index (χ1v) is 8.09. The summed E-state index contributed by atoms with van der Waals surface area (Å²) in [5.41, 5.74) is 0.933. The first kappa shape index (κ1) is 17.5. The predicted molar refractivity (Wildman–Crippen MR) is 88.4 cm³/mol. The Bertz CT molecular complexity index is 491. The monoisotopic (exact) mass is 322 g/mol. The molecular weight excluding hydrogens is 296 g/mol. The van der Waals surface area contributed by atoms with Gasteiger partial charge in [-0.15, -0.1) is 0 Å². The van der Waals surface area contributed by atoms with Crippen molar-refractivity contribution in [3.63, 3.8) is 0 Å². The number of hydrogen-bond donors (Lipinski definition) is 3. The quantitative estimate of drug-likeness (QED) is 0.724. The highest BCUT2D eigenvalue weighted by Crippen LogP contribution is 2.15. The van der Waals surface area contributed by atoms with Crippen LogP contribution in [0.25, 0.3) is 0 Å². The smallest absolute Gasteiger partial charge is 0.315 e. The van der Waals surface area contributed by atoms with Crippen molar-refractivity contribution in [2.45, 2.75) is 39.0 Å². The zero-order valence-electron chi connectivity index (χ0n) is 13.8. The summed E-state index contributed by atoms with van der Waals surface area (Å²) in [7, 11) is 0. The molecular formula is C16H26N4O3. The van der Waals surface area contributed by atoms with Gasteiger partial charge in [-0.25, -0.2) is 9.78 Å². The molecule has 7 nitrogen and oxygen atoms in total. The largest absolute Gasteiger partial charge is 0.394 e. The lowest BCUT2D eigenvalue weighted by molar-refractivity contribution is 0.0529. The maximum Gasteiger partial charge on any atom is 0.315 e. The van der Waals surface area contributed by atoms with Crippen molar-refractivity contribution >= 4 is 11.8 Å². The Balaban J connectivity index is 1.82. The Labute approximate surface area is 137 Å². The second kappa shape index (κ2) is 8.69. The van der Waals surface area contributed by atoms with Crippen molar-refractivity contribution in [2.75, 3.05) is 31.2 Å². The van der Waals surface area contributed by atoms with Crippen molar-refractivity contribution in [2.24, 2.45) is 0 Å². The molecule has 2 amide bonds. The Morgan fingerprint density at radius 3 is 3.00 bits per heavy atom. The molecule has 1 fully saturated rings. The molecule has 1 aliphatic rings. The summed E-state index contributed by atoms with van der Waals surface area (Å²) in [5.74, 6) is 0.930. The minimum absolute atomic E-state index is 0.0574. The van der Waals surface area contributed by atoms with E-state index in [2.05, 4.69) is 27.4 Å². The van der Waals surface area contributed by atoms with E-state index in [9.17, 15) is 4.79 Å². The topological polar surface area (TPSA) is 86.7 Å². The second-order valence-corrected chi connectivity index (χ2v) is 5.77. The van der Waals surface area contributed by atoms with Crippen molar-refractivity contribution < 1.29 is 14.6 Å². The summed E-state index contributed by atoms with van der Waals surface area (Å²) in [6.45, 7) is 6.72. The van der Waals surface area contributed by atoms with E-state index < -0.39 is 0 Å². The summed E-state index contributed by atoms with van der Waals surface area (Å²) in [6, 6.07) is 3.44. The van der Waals surface area contributed by atoms with Crippen LogP contribution in [0.3, 0.4) is 0 Å². The molecule has 1 aliphatic heterocycles. The Kier molecular flexibility index (Phi) is 6.61. The molecule has 1 saturated heterocycles. The average molecular weight is 322 g/mol. The number of aliphatic hydroxyl groups is 1. The number of carbonyl (C=O) groups is 1. The highest BCUT2D eigenvalue weighted by atomic mass is 16.5.